The topological polar surface area (TPSA) is 111 Å². The zero-order valence-electron chi connectivity index (χ0n) is 12.8. The number of nitrogens with zero attached hydrogens (tertiary/aromatic N) is 5. The molecule has 3 heterocycles. The van der Waals surface area contributed by atoms with Crippen LogP contribution in [0.15, 0.2) is 48.9 Å². The highest BCUT2D eigenvalue weighted by Gasteiger charge is 2.15. The number of aryl methyl sites for hydroxylation is 1. The lowest BCUT2D eigenvalue weighted by molar-refractivity contribution is 0.600. The van der Waals surface area contributed by atoms with Gasteiger partial charge in [-0.3, -0.25) is 14.7 Å². The Kier molecular flexibility index (Phi) is 4.43. The molecule has 3 rings (SSSR count). The van der Waals surface area contributed by atoms with E-state index in [9.17, 15) is 8.42 Å². The molecule has 0 radical (unpaired) electrons. The molecule has 0 amide bonds. The van der Waals surface area contributed by atoms with E-state index in [1.807, 2.05) is 0 Å². The van der Waals surface area contributed by atoms with Gasteiger partial charge in [0, 0.05) is 18.6 Å². The summed E-state index contributed by atoms with van der Waals surface area (Å²) in [6, 6.07) is 8.59. The van der Waals surface area contributed by atoms with Gasteiger partial charge in [0.1, 0.15) is 11.5 Å². The molecular weight excluding hydrogens is 328 g/mol. The van der Waals surface area contributed by atoms with Crippen molar-refractivity contribution in [3.63, 3.8) is 0 Å². The molecule has 0 saturated carbocycles. The summed E-state index contributed by atoms with van der Waals surface area (Å²) in [7, 11) is -3.65. The second kappa shape index (κ2) is 6.67. The summed E-state index contributed by atoms with van der Waals surface area (Å²) >= 11 is 0. The Morgan fingerprint density at radius 2 is 1.79 bits per heavy atom. The molecule has 0 aliphatic rings. The molecule has 0 unspecified atom stereocenters. The largest absolute Gasteiger partial charge is 0.265 e. The molecule has 3 aromatic heterocycles. The molecule has 122 valence electrons. The molecule has 0 aliphatic carbocycles. The summed E-state index contributed by atoms with van der Waals surface area (Å²) in [5, 5.41) is 0. The predicted octanol–water partition coefficient (Wildman–Crippen LogP) is 1.58. The Morgan fingerprint density at radius 3 is 2.50 bits per heavy atom. The molecular formula is C15H14N6O2S. The number of pyridine rings is 2. The van der Waals surface area contributed by atoms with Gasteiger partial charge in [0.2, 0.25) is 16.0 Å². The number of aromatic nitrogens is 5. The van der Waals surface area contributed by atoms with E-state index in [0.717, 1.165) is 0 Å². The van der Waals surface area contributed by atoms with Gasteiger partial charge < -0.3 is 0 Å². The number of hydrogen-bond acceptors (Lipinski definition) is 7. The van der Waals surface area contributed by atoms with Crippen molar-refractivity contribution in [1.29, 1.82) is 0 Å². The number of nitrogens with one attached hydrogen (secondary N) is 1. The fourth-order valence-electron chi connectivity index (χ4n) is 2.01. The van der Waals surface area contributed by atoms with Crippen LogP contribution in [0.5, 0.6) is 0 Å². The predicted molar refractivity (Wildman–Crippen MR) is 88.3 cm³/mol. The van der Waals surface area contributed by atoms with Crippen LogP contribution in [0.1, 0.15) is 11.4 Å². The smallest absolute Gasteiger partial charge is 0.240 e. The molecule has 9 heteroatoms. The maximum Gasteiger partial charge on any atom is 0.240 e. The van der Waals surface area contributed by atoms with Gasteiger partial charge in [0.25, 0.3) is 0 Å². The summed E-state index contributed by atoms with van der Waals surface area (Å²) in [6.07, 6.45) is 4.69. The molecule has 0 bridgehead atoms. The third kappa shape index (κ3) is 4.07. The van der Waals surface area contributed by atoms with Gasteiger partial charge in [0.15, 0.2) is 5.82 Å². The minimum Gasteiger partial charge on any atom is -0.265 e. The normalized spacial score (nSPS) is 11.2. The van der Waals surface area contributed by atoms with Gasteiger partial charge in [-0.2, -0.15) is 9.97 Å². The molecule has 24 heavy (non-hydrogen) atoms. The Morgan fingerprint density at radius 1 is 1.00 bits per heavy atom. The molecule has 0 atom stereocenters. The van der Waals surface area contributed by atoms with E-state index in [1.54, 1.807) is 43.5 Å². The molecule has 0 fully saturated rings. The lowest BCUT2D eigenvalue weighted by Gasteiger charge is -2.08. The summed E-state index contributed by atoms with van der Waals surface area (Å²) in [5.74, 6) is 0.480. The van der Waals surface area contributed by atoms with E-state index < -0.39 is 10.0 Å². The quantitative estimate of drug-likeness (QED) is 0.749. The number of sulfonamides is 1. The van der Waals surface area contributed by atoms with Crippen LogP contribution in [-0.4, -0.2) is 33.3 Å². The highest BCUT2D eigenvalue weighted by molar-refractivity contribution is 7.91. The van der Waals surface area contributed by atoms with Crippen LogP contribution in [0.3, 0.4) is 0 Å². The zero-order chi connectivity index (χ0) is 17.0. The van der Waals surface area contributed by atoms with Crippen molar-refractivity contribution in [2.75, 3.05) is 4.72 Å². The van der Waals surface area contributed by atoms with Crippen molar-refractivity contribution in [2.24, 2.45) is 0 Å². The minimum absolute atomic E-state index is 0.0304. The average Bonchev–Trinajstić information content (AvgIpc) is 2.55. The highest BCUT2D eigenvalue weighted by Crippen LogP contribution is 2.14. The molecule has 0 spiro atoms. The van der Waals surface area contributed by atoms with Gasteiger partial charge >= 0.3 is 0 Å². The zero-order valence-corrected chi connectivity index (χ0v) is 13.6. The van der Waals surface area contributed by atoms with Gasteiger partial charge in [-0.05, 0) is 36.8 Å². The third-order valence-electron chi connectivity index (χ3n) is 2.99. The minimum atomic E-state index is -3.65. The Balaban J connectivity index is 1.86. The van der Waals surface area contributed by atoms with Crippen LogP contribution < -0.4 is 4.72 Å². The second-order valence-electron chi connectivity index (χ2n) is 4.96. The van der Waals surface area contributed by atoms with Crippen LogP contribution in [0, 0.1) is 6.92 Å². The first-order valence-electron chi connectivity index (χ1n) is 7.05. The van der Waals surface area contributed by atoms with E-state index in [0.29, 0.717) is 22.9 Å². The maximum absolute atomic E-state index is 12.3. The lowest BCUT2D eigenvalue weighted by Crippen LogP contribution is -2.18. The maximum atomic E-state index is 12.3. The van der Waals surface area contributed by atoms with E-state index >= 15 is 0 Å². The first kappa shape index (κ1) is 15.9. The molecule has 8 nitrogen and oxygen atoms in total. The van der Waals surface area contributed by atoms with E-state index in [1.165, 1.54) is 12.4 Å². The Bertz CT molecular complexity index is 933. The van der Waals surface area contributed by atoms with Crippen molar-refractivity contribution >= 4 is 16.0 Å². The monoisotopic (exact) mass is 342 g/mol. The van der Waals surface area contributed by atoms with Crippen LogP contribution in [-0.2, 0) is 15.8 Å². The van der Waals surface area contributed by atoms with Gasteiger partial charge in [-0.1, -0.05) is 6.07 Å². The van der Waals surface area contributed by atoms with Crippen LogP contribution >= 0.6 is 0 Å². The first-order chi connectivity index (χ1) is 11.5. The second-order valence-corrected chi connectivity index (χ2v) is 6.68. The third-order valence-corrected chi connectivity index (χ3v) is 4.20. The lowest BCUT2D eigenvalue weighted by atomic mass is 10.3. The van der Waals surface area contributed by atoms with Crippen molar-refractivity contribution in [1.82, 2.24) is 24.9 Å². The number of hydrogen-bond donors (Lipinski definition) is 1. The SMILES string of the molecule is Cc1nc(NS(=O)(=O)Cc2ccncc2)nc(-c2ccccn2)n1. The van der Waals surface area contributed by atoms with Gasteiger partial charge in [-0.15, -0.1) is 0 Å². The molecule has 0 saturated heterocycles. The molecule has 0 aromatic carbocycles. The van der Waals surface area contributed by atoms with Gasteiger partial charge in [-0.25, -0.2) is 13.4 Å². The molecule has 1 N–H and O–H groups in total. The van der Waals surface area contributed by atoms with E-state index in [4.69, 9.17) is 0 Å². The van der Waals surface area contributed by atoms with Crippen molar-refractivity contribution in [2.45, 2.75) is 12.7 Å². The summed E-state index contributed by atoms with van der Waals surface area (Å²) in [4.78, 5) is 20.4. The summed E-state index contributed by atoms with van der Waals surface area (Å²) in [6.45, 7) is 1.66. The fourth-order valence-corrected chi connectivity index (χ4v) is 3.08. The Hall–Kier alpha value is -2.94. The van der Waals surface area contributed by atoms with Crippen molar-refractivity contribution < 1.29 is 8.42 Å². The molecule has 0 aliphatic heterocycles. The van der Waals surface area contributed by atoms with Crippen LogP contribution in [0.2, 0.25) is 0 Å². The highest BCUT2D eigenvalue weighted by atomic mass is 32.2. The number of anilines is 1. The first-order valence-corrected chi connectivity index (χ1v) is 8.70. The van der Waals surface area contributed by atoms with Crippen molar-refractivity contribution in [3.8, 4) is 11.5 Å². The summed E-state index contributed by atoms with van der Waals surface area (Å²) in [5.41, 5.74) is 1.16. The standard InChI is InChI=1S/C15H14N6O2S/c1-11-18-14(13-4-2-3-7-17-13)20-15(19-11)21-24(22,23)10-12-5-8-16-9-6-12/h2-9H,10H2,1H3,(H,18,19,20,21). The van der Waals surface area contributed by atoms with Crippen LogP contribution in [0.4, 0.5) is 5.95 Å². The summed E-state index contributed by atoms with van der Waals surface area (Å²) < 4.78 is 26.9. The van der Waals surface area contributed by atoms with Crippen molar-refractivity contribution in [3.05, 3.63) is 60.3 Å². The van der Waals surface area contributed by atoms with Crippen LogP contribution in [0.25, 0.3) is 11.5 Å². The van der Waals surface area contributed by atoms with E-state index in [-0.39, 0.29) is 11.7 Å². The van der Waals surface area contributed by atoms with E-state index in [2.05, 4.69) is 29.6 Å². The number of rotatable bonds is 5. The average molecular weight is 342 g/mol. The fraction of sp³-hybridized carbons (Fsp3) is 0.133. The Labute approximate surface area is 139 Å². The molecule has 3 aromatic rings. The van der Waals surface area contributed by atoms with Gasteiger partial charge in [0.05, 0.1) is 5.75 Å².